The number of amides is 4. The zero-order valence-corrected chi connectivity index (χ0v) is 36.6. The molecule has 3 heterocycles. The summed E-state index contributed by atoms with van der Waals surface area (Å²) in [7, 11) is 2.53. The SMILES string of the molecule is CC[C@@H](c1ncc(-c2ccc3cc(-c4ccc(-c5cnc([C@@H]6CCCN6C(=O)[C@@H](NC(=O)OC)C(C)C)[nH]5)cc4)ccc3c2)[nH]1)N(CCC#N)C(=O)[C@H](NC(=O)OC)c1ccccc1. The molecule has 4 aromatic carbocycles. The molecule has 0 radical (unpaired) electrons. The first-order valence-electron chi connectivity index (χ1n) is 21.5. The third-order valence-corrected chi connectivity index (χ3v) is 11.8. The minimum atomic E-state index is -1.03. The normalized spacial score (nSPS) is 15.0. The van der Waals surface area contributed by atoms with Crippen LogP contribution >= 0.6 is 0 Å². The molecule has 7 rings (SSSR count). The molecule has 15 heteroatoms. The number of hydrogen-bond donors (Lipinski definition) is 4. The summed E-state index contributed by atoms with van der Waals surface area (Å²) >= 11 is 0. The highest BCUT2D eigenvalue weighted by Gasteiger charge is 2.38. The molecule has 4 N–H and O–H groups in total. The van der Waals surface area contributed by atoms with E-state index in [1.807, 2.05) is 32.9 Å². The number of aromatic nitrogens is 4. The van der Waals surface area contributed by atoms with Crippen LogP contribution in [0.15, 0.2) is 103 Å². The van der Waals surface area contributed by atoms with Gasteiger partial charge in [0.15, 0.2) is 0 Å². The van der Waals surface area contributed by atoms with Gasteiger partial charge >= 0.3 is 12.2 Å². The van der Waals surface area contributed by atoms with Gasteiger partial charge in [0.05, 0.1) is 62.6 Å². The molecule has 330 valence electrons. The van der Waals surface area contributed by atoms with Crippen molar-refractivity contribution in [2.24, 2.45) is 5.92 Å². The van der Waals surface area contributed by atoms with E-state index in [9.17, 15) is 24.4 Å². The first kappa shape index (κ1) is 44.6. The molecule has 6 aromatic rings. The molecule has 1 saturated heterocycles. The van der Waals surface area contributed by atoms with Crippen molar-refractivity contribution in [2.45, 2.75) is 70.6 Å². The van der Waals surface area contributed by atoms with Crippen molar-refractivity contribution in [3.63, 3.8) is 0 Å². The molecule has 1 fully saturated rings. The maximum absolute atomic E-state index is 14.2. The van der Waals surface area contributed by atoms with Crippen molar-refractivity contribution in [3.05, 3.63) is 121 Å². The fourth-order valence-corrected chi connectivity index (χ4v) is 8.36. The largest absolute Gasteiger partial charge is 0.453 e. The Morgan fingerprint density at radius 3 is 2.12 bits per heavy atom. The van der Waals surface area contributed by atoms with Gasteiger partial charge in [-0.15, -0.1) is 0 Å². The smallest absolute Gasteiger partial charge is 0.407 e. The quantitative estimate of drug-likeness (QED) is 0.0781. The van der Waals surface area contributed by atoms with E-state index >= 15 is 0 Å². The highest BCUT2D eigenvalue weighted by atomic mass is 16.5. The van der Waals surface area contributed by atoms with E-state index in [-0.39, 0.29) is 36.7 Å². The van der Waals surface area contributed by atoms with Crippen molar-refractivity contribution in [1.82, 2.24) is 40.4 Å². The van der Waals surface area contributed by atoms with Gasteiger partial charge in [-0.25, -0.2) is 19.6 Å². The average molecular weight is 864 g/mol. The number of fused-ring (bicyclic) bond motifs is 1. The topological polar surface area (TPSA) is 198 Å². The van der Waals surface area contributed by atoms with Gasteiger partial charge in [0.2, 0.25) is 5.91 Å². The summed E-state index contributed by atoms with van der Waals surface area (Å²) in [5, 5.41) is 17.0. The van der Waals surface area contributed by atoms with Crippen LogP contribution in [0.4, 0.5) is 9.59 Å². The van der Waals surface area contributed by atoms with Crippen LogP contribution in [0, 0.1) is 17.2 Å². The first-order chi connectivity index (χ1) is 31.0. The third kappa shape index (κ3) is 9.76. The molecule has 2 aromatic heterocycles. The number of alkyl carbamates (subject to hydrolysis) is 2. The van der Waals surface area contributed by atoms with Gasteiger partial charge in [-0.3, -0.25) is 9.59 Å². The summed E-state index contributed by atoms with van der Waals surface area (Å²) in [6.07, 6.45) is 4.39. The lowest BCUT2D eigenvalue weighted by atomic mass is 9.98. The number of imidazole rings is 2. The number of carbonyl (C=O) groups excluding carboxylic acids is 4. The maximum atomic E-state index is 14.2. The van der Waals surface area contributed by atoms with Gasteiger partial charge < -0.3 is 39.9 Å². The summed E-state index contributed by atoms with van der Waals surface area (Å²) in [4.78, 5) is 71.9. The zero-order valence-electron chi connectivity index (χ0n) is 36.6. The van der Waals surface area contributed by atoms with E-state index < -0.39 is 30.3 Å². The van der Waals surface area contributed by atoms with Crippen LogP contribution in [-0.4, -0.2) is 87.1 Å². The van der Waals surface area contributed by atoms with E-state index in [0.717, 1.165) is 57.3 Å². The van der Waals surface area contributed by atoms with E-state index in [2.05, 4.69) is 86.3 Å². The summed E-state index contributed by atoms with van der Waals surface area (Å²) in [6.45, 7) is 6.47. The Morgan fingerprint density at radius 2 is 1.45 bits per heavy atom. The minimum absolute atomic E-state index is 0.0982. The van der Waals surface area contributed by atoms with Gasteiger partial charge in [0.25, 0.3) is 5.91 Å². The number of carbonyl (C=O) groups is 4. The van der Waals surface area contributed by atoms with Gasteiger partial charge in [-0.05, 0) is 70.3 Å². The molecule has 64 heavy (non-hydrogen) atoms. The molecule has 0 saturated carbocycles. The monoisotopic (exact) mass is 863 g/mol. The summed E-state index contributed by atoms with van der Waals surface area (Å²) in [6, 6.07) is 29.5. The summed E-state index contributed by atoms with van der Waals surface area (Å²) < 4.78 is 9.61. The number of hydrogen-bond acceptors (Lipinski definition) is 9. The average Bonchev–Trinajstić information content (AvgIpc) is 4.13. The van der Waals surface area contributed by atoms with Gasteiger partial charge in [0.1, 0.15) is 23.7 Å². The second kappa shape index (κ2) is 20.1. The number of ether oxygens (including phenoxy) is 2. The summed E-state index contributed by atoms with van der Waals surface area (Å²) in [5.74, 6) is 0.639. The fraction of sp³-hybridized carbons (Fsp3) is 0.327. The van der Waals surface area contributed by atoms with Crippen LogP contribution < -0.4 is 10.6 Å². The molecule has 1 aliphatic heterocycles. The predicted molar refractivity (Wildman–Crippen MR) is 242 cm³/mol. The molecule has 0 unspecified atom stereocenters. The van der Waals surface area contributed by atoms with E-state index in [1.54, 1.807) is 46.5 Å². The number of likely N-dealkylation sites (tertiary alicyclic amines) is 1. The lowest BCUT2D eigenvalue weighted by Gasteiger charge is -2.33. The van der Waals surface area contributed by atoms with Crippen LogP contribution in [0.25, 0.3) is 44.4 Å². The van der Waals surface area contributed by atoms with Crippen molar-refractivity contribution < 1.29 is 28.7 Å². The number of H-pyrrole nitrogens is 2. The molecule has 0 aliphatic carbocycles. The van der Waals surface area contributed by atoms with Gasteiger partial charge in [0, 0.05) is 18.7 Å². The molecular weight excluding hydrogens is 811 g/mol. The van der Waals surface area contributed by atoms with Crippen LogP contribution in [0.2, 0.25) is 0 Å². The molecule has 4 atom stereocenters. The molecule has 0 bridgehead atoms. The van der Waals surface area contributed by atoms with Crippen molar-refractivity contribution >= 4 is 34.8 Å². The number of nitrogens with zero attached hydrogens (tertiary/aromatic N) is 5. The molecular formula is C49H53N9O6. The van der Waals surface area contributed by atoms with Crippen molar-refractivity contribution in [2.75, 3.05) is 27.3 Å². The highest BCUT2D eigenvalue weighted by Crippen LogP contribution is 2.35. The number of benzene rings is 4. The maximum Gasteiger partial charge on any atom is 0.407 e. The molecule has 4 amide bonds. The number of nitrogens with one attached hydrogen (secondary N) is 4. The number of aromatic amines is 2. The van der Waals surface area contributed by atoms with E-state index in [1.165, 1.54) is 14.2 Å². The van der Waals surface area contributed by atoms with Crippen LogP contribution in [0.3, 0.4) is 0 Å². The van der Waals surface area contributed by atoms with Crippen LogP contribution in [0.5, 0.6) is 0 Å². The Bertz CT molecular complexity index is 2630. The van der Waals surface area contributed by atoms with Crippen molar-refractivity contribution in [1.29, 1.82) is 5.26 Å². The molecule has 1 aliphatic rings. The van der Waals surface area contributed by atoms with Crippen LogP contribution in [-0.2, 0) is 19.1 Å². The Kier molecular flexibility index (Phi) is 14.0. The second-order valence-corrected chi connectivity index (χ2v) is 16.1. The Labute approximate surface area is 372 Å². The lowest BCUT2D eigenvalue weighted by molar-refractivity contribution is -0.136. The Morgan fingerprint density at radius 1 is 0.828 bits per heavy atom. The van der Waals surface area contributed by atoms with E-state index in [4.69, 9.17) is 14.5 Å². The first-order valence-corrected chi connectivity index (χ1v) is 21.5. The molecule has 0 spiro atoms. The van der Waals surface area contributed by atoms with Gasteiger partial charge in [-0.1, -0.05) is 99.6 Å². The predicted octanol–water partition coefficient (Wildman–Crippen LogP) is 8.62. The van der Waals surface area contributed by atoms with Gasteiger partial charge in [-0.2, -0.15) is 5.26 Å². The zero-order chi connectivity index (χ0) is 45.3. The van der Waals surface area contributed by atoms with Crippen LogP contribution in [0.1, 0.15) is 81.8 Å². The molecule has 15 nitrogen and oxygen atoms in total. The Balaban J connectivity index is 1.06. The fourth-order valence-electron chi connectivity index (χ4n) is 8.36. The Hall–Kier alpha value is -7.47. The number of nitriles is 1. The minimum Gasteiger partial charge on any atom is -0.453 e. The van der Waals surface area contributed by atoms with Crippen molar-refractivity contribution in [3.8, 4) is 39.7 Å². The standard InChI is InChI=1S/C49H53N9O6/c1-6-40(57(25-11-23-50)47(60)43(56-49(62)64-5)33-12-8-7-9-13-33)44-51-29-39(54-44)37-22-21-35-26-34(19-20-36(35)27-37)31-15-17-32(18-16-31)38-28-52-45(53-38)41-14-10-24-58(41)46(59)42(30(2)3)55-48(61)63-4/h7-9,12-13,15-22,26-30,40-43H,6,10-11,14,24-25H2,1-5H3,(H,51,54)(H,52,53)(H,55,61)(H,56,62)/t40-,41-,42-,43+/m0/s1. The third-order valence-electron chi connectivity index (χ3n) is 11.8. The second-order valence-electron chi connectivity index (χ2n) is 16.1. The summed E-state index contributed by atoms with van der Waals surface area (Å²) in [5.41, 5.74) is 6.21. The number of rotatable bonds is 15. The number of methoxy groups -OCH3 is 2. The lowest BCUT2D eigenvalue weighted by Crippen LogP contribution is -2.51. The van der Waals surface area contributed by atoms with E-state index in [0.29, 0.717) is 30.2 Å². The highest BCUT2D eigenvalue weighted by molar-refractivity contribution is 5.91.